The largest absolute Gasteiger partial charge is 0.295 e. The zero-order chi connectivity index (χ0) is 9.68. The van der Waals surface area contributed by atoms with Crippen LogP contribution in [0.5, 0.6) is 0 Å². The minimum Gasteiger partial charge on any atom is -0.295 e. The highest BCUT2D eigenvalue weighted by molar-refractivity contribution is 5.94. The number of Topliss-reactive ketones (excluding diaryl/α,β-unsaturated/α-hetero) is 1. The molecule has 1 aromatic rings. The molecular weight excluding hydrogens is 170 g/mol. The van der Waals surface area contributed by atoms with Crippen LogP contribution in [0.25, 0.3) is 0 Å². The number of ketones is 1. The van der Waals surface area contributed by atoms with Crippen LogP contribution in [0.4, 0.5) is 5.69 Å². The molecule has 0 bridgehead atoms. The first-order chi connectivity index (χ1) is 6.24. The molecule has 0 heterocycles. The lowest BCUT2D eigenvalue weighted by Gasteiger charge is -2.03. The highest BCUT2D eigenvalue weighted by Crippen LogP contribution is 2.09. The summed E-state index contributed by atoms with van der Waals surface area (Å²) in [5, 5.41) is 0. The van der Waals surface area contributed by atoms with Crippen LogP contribution in [0.3, 0.4) is 0 Å². The molecule has 4 heteroatoms. The third-order valence-corrected chi connectivity index (χ3v) is 1.53. The van der Waals surface area contributed by atoms with E-state index >= 15 is 0 Å². The number of benzene rings is 1. The average Bonchev–Trinajstić information content (AvgIpc) is 2.15. The quantitative estimate of drug-likeness (QED) is 0.437. The van der Waals surface area contributed by atoms with Crippen molar-refractivity contribution in [2.24, 2.45) is 0 Å². The first-order valence-electron chi connectivity index (χ1n) is 3.80. The van der Waals surface area contributed by atoms with Gasteiger partial charge in [-0.2, -0.15) is 0 Å². The molecule has 0 aromatic heterocycles. The summed E-state index contributed by atoms with van der Waals surface area (Å²) >= 11 is 0. The Morgan fingerprint density at radius 3 is 2.38 bits per heavy atom. The summed E-state index contributed by atoms with van der Waals surface area (Å²) in [6.07, 6.45) is 0. The molecular formula is C9H11NO3. The molecule has 0 amide bonds. The second kappa shape index (κ2) is 4.59. The van der Waals surface area contributed by atoms with Gasteiger partial charge < -0.3 is 0 Å². The zero-order valence-electron chi connectivity index (χ0n) is 7.53. The fourth-order valence-corrected chi connectivity index (χ4v) is 0.863. The molecule has 1 N–H and O–H groups in total. The van der Waals surface area contributed by atoms with Crippen LogP contribution < -0.4 is 5.48 Å². The number of nitrogens with one attached hydrogen (secondary N) is 1. The van der Waals surface area contributed by atoms with Gasteiger partial charge in [0, 0.05) is 5.56 Å². The Kier molecular flexibility index (Phi) is 3.42. The number of carbonyl (C=O) groups is 1. The Bertz CT molecular complexity index is 281. The van der Waals surface area contributed by atoms with Gasteiger partial charge in [-0.1, -0.05) is 0 Å². The third kappa shape index (κ3) is 2.85. The molecule has 0 aliphatic rings. The molecule has 0 atom stereocenters. The molecule has 1 rings (SSSR count). The van der Waals surface area contributed by atoms with Gasteiger partial charge in [0.2, 0.25) is 0 Å². The van der Waals surface area contributed by atoms with Gasteiger partial charge in [-0.15, -0.1) is 4.99 Å². The Hall–Kier alpha value is -1.39. The molecule has 0 radical (unpaired) electrons. The van der Waals surface area contributed by atoms with Crippen molar-refractivity contribution < 1.29 is 14.7 Å². The molecule has 0 unspecified atom stereocenters. The second-order valence-electron chi connectivity index (χ2n) is 2.49. The van der Waals surface area contributed by atoms with Crippen LogP contribution in [0.2, 0.25) is 0 Å². The van der Waals surface area contributed by atoms with Crippen LogP contribution in [0.1, 0.15) is 17.3 Å². The normalized spacial score (nSPS) is 9.69. The van der Waals surface area contributed by atoms with Crippen molar-refractivity contribution in [1.29, 1.82) is 0 Å². The van der Waals surface area contributed by atoms with Gasteiger partial charge in [-0.25, -0.2) is 10.4 Å². The van der Waals surface area contributed by atoms with Gasteiger partial charge in [-0.05, 0) is 31.2 Å². The van der Waals surface area contributed by atoms with Crippen molar-refractivity contribution in [2.75, 3.05) is 12.6 Å². The van der Waals surface area contributed by atoms with E-state index in [1.807, 2.05) is 0 Å². The third-order valence-electron chi connectivity index (χ3n) is 1.53. The van der Waals surface area contributed by atoms with E-state index in [2.05, 4.69) is 15.4 Å². The van der Waals surface area contributed by atoms with Crippen LogP contribution >= 0.6 is 0 Å². The summed E-state index contributed by atoms with van der Waals surface area (Å²) in [5.41, 5.74) is 3.92. The molecule has 1 aromatic carbocycles. The van der Waals surface area contributed by atoms with Crippen molar-refractivity contribution in [1.82, 2.24) is 0 Å². The molecule has 0 fully saturated rings. The van der Waals surface area contributed by atoms with E-state index in [-0.39, 0.29) is 5.78 Å². The van der Waals surface area contributed by atoms with Crippen molar-refractivity contribution in [3.05, 3.63) is 29.8 Å². The molecule has 13 heavy (non-hydrogen) atoms. The number of carbonyl (C=O) groups excluding carboxylic acids is 1. The highest BCUT2D eigenvalue weighted by Gasteiger charge is 1.97. The van der Waals surface area contributed by atoms with E-state index < -0.39 is 0 Å². The highest BCUT2D eigenvalue weighted by atomic mass is 17.3. The maximum atomic E-state index is 10.9. The molecule has 0 aliphatic carbocycles. The summed E-state index contributed by atoms with van der Waals surface area (Å²) in [6.45, 7) is 1.52. The van der Waals surface area contributed by atoms with E-state index in [0.29, 0.717) is 5.56 Å². The van der Waals surface area contributed by atoms with E-state index in [0.717, 1.165) is 5.69 Å². The minimum absolute atomic E-state index is 0.0409. The molecule has 0 saturated heterocycles. The lowest BCUT2D eigenvalue weighted by Crippen LogP contribution is -1.99. The SMILES string of the molecule is COONc1ccc(C(C)=O)cc1. The molecule has 0 spiro atoms. The summed E-state index contributed by atoms with van der Waals surface area (Å²) in [4.78, 5) is 19.7. The monoisotopic (exact) mass is 181 g/mol. The fourth-order valence-electron chi connectivity index (χ4n) is 0.863. The average molecular weight is 181 g/mol. The lowest BCUT2D eigenvalue weighted by molar-refractivity contribution is -0.248. The van der Waals surface area contributed by atoms with Gasteiger partial charge in [-0.3, -0.25) is 4.79 Å². The second-order valence-corrected chi connectivity index (χ2v) is 2.49. The van der Waals surface area contributed by atoms with E-state index in [1.165, 1.54) is 14.0 Å². The fraction of sp³-hybridized carbons (Fsp3) is 0.222. The lowest BCUT2D eigenvalue weighted by atomic mass is 10.1. The van der Waals surface area contributed by atoms with Crippen molar-refractivity contribution >= 4 is 11.5 Å². The smallest absolute Gasteiger partial charge is 0.159 e. The van der Waals surface area contributed by atoms with E-state index in [9.17, 15) is 4.79 Å². The zero-order valence-corrected chi connectivity index (χ0v) is 7.53. The van der Waals surface area contributed by atoms with Crippen LogP contribution in [-0.2, 0) is 9.88 Å². The summed E-state index contributed by atoms with van der Waals surface area (Å²) in [5.74, 6) is 0.0409. The maximum Gasteiger partial charge on any atom is 0.159 e. The Morgan fingerprint density at radius 1 is 1.31 bits per heavy atom. The number of anilines is 1. The van der Waals surface area contributed by atoms with Crippen molar-refractivity contribution in [2.45, 2.75) is 6.92 Å². The molecule has 0 aliphatic heterocycles. The topological polar surface area (TPSA) is 47.6 Å². The maximum absolute atomic E-state index is 10.9. The van der Waals surface area contributed by atoms with Crippen molar-refractivity contribution in [3.8, 4) is 0 Å². The van der Waals surface area contributed by atoms with E-state index in [4.69, 9.17) is 0 Å². The molecule has 0 saturated carbocycles. The first-order valence-corrected chi connectivity index (χ1v) is 3.80. The Balaban J connectivity index is 2.64. The number of hydrogen-bond donors (Lipinski definition) is 1. The van der Waals surface area contributed by atoms with Gasteiger partial charge in [0.1, 0.15) is 0 Å². The van der Waals surface area contributed by atoms with E-state index in [1.54, 1.807) is 24.3 Å². The number of hydrogen-bond acceptors (Lipinski definition) is 4. The van der Waals surface area contributed by atoms with Crippen molar-refractivity contribution in [3.63, 3.8) is 0 Å². The predicted octanol–water partition coefficient (Wildman–Crippen LogP) is 1.79. The summed E-state index contributed by atoms with van der Waals surface area (Å²) in [7, 11) is 1.40. The predicted molar refractivity (Wildman–Crippen MR) is 48.2 cm³/mol. The van der Waals surface area contributed by atoms with Gasteiger partial charge in [0.25, 0.3) is 0 Å². The van der Waals surface area contributed by atoms with Gasteiger partial charge in [0.05, 0.1) is 12.8 Å². The number of rotatable bonds is 4. The first kappa shape index (κ1) is 9.70. The summed E-state index contributed by atoms with van der Waals surface area (Å²) < 4.78 is 0. The van der Waals surface area contributed by atoms with Crippen LogP contribution in [0.15, 0.2) is 24.3 Å². The molecule has 4 nitrogen and oxygen atoms in total. The van der Waals surface area contributed by atoms with Gasteiger partial charge >= 0.3 is 0 Å². The van der Waals surface area contributed by atoms with Crippen LogP contribution in [-0.4, -0.2) is 12.9 Å². The standard InChI is InChI=1S/C9H11NO3/c1-7(11)8-3-5-9(6-4-8)10-13-12-2/h3-6,10H,1-2H3. The molecule has 70 valence electrons. The van der Waals surface area contributed by atoms with Crippen LogP contribution in [0, 0.1) is 0 Å². The van der Waals surface area contributed by atoms with Gasteiger partial charge in [0.15, 0.2) is 5.78 Å². The Labute approximate surface area is 76.3 Å². The summed E-state index contributed by atoms with van der Waals surface area (Å²) in [6, 6.07) is 6.89. The Morgan fingerprint density at radius 2 is 1.92 bits per heavy atom. The minimum atomic E-state index is 0.0409.